The van der Waals surface area contributed by atoms with E-state index in [0.29, 0.717) is 22.1 Å². The van der Waals surface area contributed by atoms with Gasteiger partial charge in [-0.1, -0.05) is 35.9 Å². The molecule has 106 valence electrons. The van der Waals surface area contributed by atoms with Crippen molar-refractivity contribution in [2.75, 3.05) is 6.61 Å². The third-order valence-corrected chi connectivity index (χ3v) is 3.44. The van der Waals surface area contributed by atoms with Gasteiger partial charge in [0.25, 0.3) is 0 Å². The van der Waals surface area contributed by atoms with Crippen LogP contribution >= 0.6 is 11.6 Å². The summed E-state index contributed by atoms with van der Waals surface area (Å²) in [6.07, 6.45) is 0. The highest BCUT2D eigenvalue weighted by molar-refractivity contribution is 6.30. The minimum absolute atomic E-state index is 0.0823. The standard InChI is InChI=1S/C17H13ClO3/c1-11-6-7-13(18)9-16(11)20-10-14(19)17-8-12-4-2-3-5-15(12)21-17/h2-9H,10H2,1H3. The highest BCUT2D eigenvalue weighted by Crippen LogP contribution is 2.23. The van der Waals surface area contributed by atoms with Crippen molar-refractivity contribution in [3.63, 3.8) is 0 Å². The molecule has 0 aliphatic rings. The Morgan fingerprint density at radius 3 is 2.81 bits per heavy atom. The van der Waals surface area contributed by atoms with Gasteiger partial charge < -0.3 is 9.15 Å². The minimum atomic E-state index is -0.203. The lowest BCUT2D eigenvalue weighted by molar-refractivity contribution is 0.0895. The summed E-state index contributed by atoms with van der Waals surface area (Å²) in [6, 6.07) is 14.6. The molecule has 3 nitrogen and oxygen atoms in total. The molecular formula is C17H13ClO3. The van der Waals surface area contributed by atoms with E-state index in [0.717, 1.165) is 10.9 Å². The number of furan rings is 1. The Balaban J connectivity index is 1.75. The largest absolute Gasteiger partial charge is 0.485 e. The molecule has 0 N–H and O–H groups in total. The molecule has 0 aliphatic heterocycles. The Morgan fingerprint density at radius 2 is 2.00 bits per heavy atom. The van der Waals surface area contributed by atoms with E-state index in [4.69, 9.17) is 20.8 Å². The van der Waals surface area contributed by atoms with Crippen molar-refractivity contribution in [1.29, 1.82) is 0 Å². The van der Waals surface area contributed by atoms with Crippen LogP contribution in [0.2, 0.25) is 5.02 Å². The number of aryl methyl sites for hydroxylation is 1. The third-order valence-electron chi connectivity index (χ3n) is 3.21. The SMILES string of the molecule is Cc1ccc(Cl)cc1OCC(=O)c1cc2ccccc2o1. The van der Waals surface area contributed by atoms with E-state index in [-0.39, 0.29) is 12.4 Å². The molecule has 0 fully saturated rings. The molecule has 0 saturated carbocycles. The Kier molecular flexibility index (Phi) is 3.67. The summed E-state index contributed by atoms with van der Waals surface area (Å²) >= 11 is 5.92. The predicted octanol–water partition coefficient (Wildman–Crippen LogP) is 4.66. The van der Waals surface area contributed by atoms with Gasteiger partial charge in [-0.3, -0.25) is 4.79 Å². The van der Waals surface area contributed by atoms with Crippen LogP contribution in [0, 0.1) is 6.92 Å². The molecule has 0 unspecified atom stereocenters. The number of benzene rings is 2. The van der Waals surface area contributed by atoms with Crippen molar-refractivity contribution in [1.82, 2.24) is 0 Å². The Morgan fingerprint density at radius 1 is 1.19 bits per heavy atom. The van der Waals surface area contributed by atoms with Crippen molar-refractivity contribution >= 4 is 28.4 Å². The molecular weight excluding hydrogens is 288 g/mol. The number of para-hydroxylation sites is 1. The van der Waals surface area contributed by atoms with E-state index in [1.54, 1.807) is 18.2 Å². The Bertz CT molecular complexity index is 772. The van der Waals surface area contributed by atoms with Crippen LogP contribution in [-0.2, 0) is 0 Å². The molecule has 3 rings (SSSR count). The molecule has 0 spiro atoms. The number of hydrogen-bond donors (Lipinski definition) is 0. The van der Waals surface area contributed by atoms with Crippen molar-refractivity contribution in [3.8, 4) is 5.75 Å². The Labute approximate surface area is 127 Å². The first-order valence-corrected chi connectivity index (χ1v) is 6.92. The van der Waals surface area contributed by atoms with Crippen LogP contribution in [0.15, 0.2) is 52.9 Å². The number of rotatable bonds is 4. The van der Waals surface area contributed by atoms with Crippen molar-refractivity contribution < 1.29 is 13.9 Å². The van der Waals surface area contributed by atoms with Crippen molar-refractivity contribution in [2.24, 2.45) is 0 Å². The molecule has 0 radical (unpaired) electrons. The molecule has 21 heavy (non-hydrogen) atoms. The lowest BCUT2D eigenvalue weighted by atomic mass is 10.2. The second-order valence-corrected chi connectivity index (χ2v) is 5.21. The van der Waals surface area contributed by atoms with Crippen LogP contribution < -0.4 is 4.74 Å². The first-order chi connectivity index (χ1) is 10.1. The number of carbonyl (C=O) groups is 1. The van der Waals surface area contributed by atoms with Crippen LogP contribution in [-0.4, -0.2) is 12.4 Å². The van der Waals surface area contributed by atoms with Gasteiger partial charge in [0.05, 0.1) is 0 Å². The van der Waals surface area contributed by atoms with Crippen molar-refractivity contribution in [2.45, 2.75) is 6.92 Å². The number of ketones is 1. The molecule has 0 saturated heterocycles. The minimum Gasteiger partial charge on any atom is -0.485 e. The number of carbonyl (C=O) groups excluding carboxylic acids is 1. The van der Waals surface area contributed by atoms with Gasteiger partial charge in [-0.2, -0.15) is 0 Å². The molecule has 2 aromatic carbocycles. The fourth-order valence-corrected chi connectivity index (χ4v) is 2.23. The maximum Gasteiger partial charge on any atom is 0.235 e. The van der Waals surface area contributed by atoms with Crippen LogP contribution in [0.1, 0.15) is 16.1 Å². The quantitative estimate of drug-likeness (QED) is 0.658. The maximum absolute atomic E-state index is 12.1. The molecule has 1 heterocycles. The van der Waals surface area contributed by atoms with E-state index < -0.39 is 0 Å². The maximum atomic E-state index is 12.1. The molecule has 0 bridgehead atoms. The molecule has 3 aromatic rings. The van der Waals surface area contributed by atoms with Gasteiger partial charge in [-0.25, -0.2) is 0 Å². The zero-order chi connectivity index (χ0) is 14.8. The number of ether oxygens (including phenoxy) is 1. The van der Waals surface area contributed by atoms with Crippen molar-refractivity contribution in [3.05, 3.63) is 64.9 Å². The van der Waals surface area contributed by atoms with Gasteiger partial charge in [0.2, 0.25) is 5.78 Å². The summed E-state index contributed by atoms with van der Waals surface area (Å²) in [5, 5.41) is 1.48. The second-order valence-electron chi connectivity index (χ2n) is 4.77. The Hall–Kier alpha value is -2.26. The summed E-state index contributed by atoms with van der Waals surface area (Å²) in [5.41, 5.74) is 1.62. The molecule has 0 atom stereocenters. The zero-order valence-electron chi connectivity index (χ0n) is 11.4. The summed E-state index contributed by atoms with van der Waals surface area (Å²) in [7, 11) is 0. The fraction of sp³-hybridized carbons (Fsp3) is 0.118. The monoisotopic (exact) mass is 300 g/mol. The first kappa shape index (κ1) is 13.7. The van der Waals surface area contributed by atoms with Gasteiger partial charge in [-0.05, 0) is 36.8 Å². The van der Waals surface area contributed by atoms with E-state index >= 15 is 0 Å². The number of hydrogen-bond acceptors (Lipinski definition) is 3. The van der Waals surface area contributed by atoms with Gasteiger partial charge in [0.1, 0.15) is 11.3 Å². The normalized spacial score (nSPS) is 10.8. The highest BCUT2D eigenvalue weighted by Gasteiger charge is 2.13. The summed E-state index contributed by atoms with van der Waals surface area (Å²) < 4.78 is 11.1. The molecule has 0 aliphatic carbocycles. The van der Waals surface area contributed by atoms with E-state index in [2.05, 4.69) is 0 Å². The molecule has 4 heteroatoms. The van der Waals surface area contributed by atoms with Crippen LogP contribution in [0.25, 0.3) is 11.0 Å². The average molecular weight is 301 g/mol. The van der Waals surface area contributed by atoms with E-state index in [1.165, 1.54) is 0 Å². The smallest absolute Gasteiger partial charge is 0.235 e. The number of halogens is 1. The lowest BCUT2D eigenvalue weighted by Gasteiger charge is -2.07. The topological polar surface area (TPSA) is 39.4 Å². The highest BCUT2D eigenvalue weighted by atomic mass is 35.5. The summed E-state index contributed by atoms with van der Waals surface area (Å²) in [5.74, 6) is 0.702. The lowest BCUT2D eigenvalue weighted by Crippen LogP contribution is -2.11. The van der Waals surface area contributed by atoms with E-state index in [1.807, 2.05) is 37.3 Å². The average Bonchev–Trinajstić information content (AvgIpc) is 2.92. The summed E-state index contributed by atoms with van der Waals surface area (Å²) in [6.45, 7) is 1.82. The first-order valence-electron chi connectivity index (χ1n) is 6.54. The van der Waals surface area contributed by atoms with Gasteiger partial charge in [-0.15, -0.1) is 0 Å². The number of Topliss-reactive ketones (excluding diaryl/α,β-unsaturated/α-hetero) is 1. The number of fused-ring (bicyclic) bond motifs is 1. The van der Waals surface area contributed by atoms with Crippen LogP contribution in [0.4, 0.5) is 0 Å². The second kappa shape index (κ2) is 5.62. The predicted molar refractivity (Wildman–Crippen MR) is 82.2 cm³/mol. The van der Waals surface area contributed by atoms with E-state index in [9.17, 15) is 4.79 Å². The van der Waals surface area contributed by atoms with Gasteiger partial charge in [0.15, 0.2) is 12.4 Å². The molecule has 1 aromatic heterocycles. The van der Waals surface area contributed by atoms with Gasteiger partial charge in [0, 0.05) is 10.4 Å². The zero-order valence-corrected chi connectivity index (χ0v) is 12.2. The van der Waals surface area contributed by atoms with Crippen LogP contribution in [0.3, 0.4) is 0 Å². The summed E-state index contributed by atoms with van der Waals surface area (Å²) in [4.78, 5) is 12.1. The van der Waals surface area contributed by atoms with Gasteiger partial charge >= 0.3 is 0 Å². The fourth-order valence-electron chi connectivity index (χ4n) is 2.06. The van der Waals surface area contributed by atoms with Crippen LogP contribution in [0.5, 0.6) is 5.75 Å². The molecule has 0 amide bonds. The third kappa shape index (κ3) is 2.93.